The fourth-order valence-corrected chi connectivity index (χ4v) is 3.22. The average Bonchev–Trinajstić information content (AvgIpc) is 3.12. The normalized spacial score (nSPS) is 17.0. The average molecular weight is 355 g/mol. The summed E-state index contributed by atoms with van der Waals surface area (Å²) in [5, 5.41) is 7.85. The first kappa shape index (κ1) is 18.1. The van der Waals surface area contributed by atoms with E-state index in [-0.39, 0.29) is 24.9 Å². The van der Waals surface area contributed by atoms with E-state index in [1.807, 2.05) is 42.1 Å². The highest BCUT2D eigenvalue weighted by Crippen LogP contribution is 2.20. The highest BCUT2D eigenvalue weighted by Gasteiger charge is 2.23. The third-order valence-corrected chi connectivity index (χ3v) is 4.61. The van der Waals surface area contributed by atoms with Crippen LogP contribution in [-0.2, 0) is 4.79 Å². The molecule has 1 aromatic carbocycles. The van der Waals surface area contributed by atoms with Crippen LogP contribution in [0, 0.1) is 6.92 Å². The first-order chi connectivity index (χ1) is 12.5. The summed E-state index contributed by atoms with van der Waals surface area (Å²) in [6.45, 7) is 4.08. The van der Waals surface area contributed by atoms with E-state index < -0.39 is 5.91 Å². The van der Waals surface area contributed by atoms with Gasteiger partial charge < -0.3 is 16.0 Å². The van der Waals surface area contributed by atoms with Crippen molar-refractivity contribution in [2.24, 2.45) is 5.73 Å². The van der Waals surface area contributed by atoms with Gasteiger partial charge in [0.2, 0.25) is 5.91 Å². The number of piperidine rings is 1. The van der Waals surface area contributed by atoms with E-state index in [0.717, 1.165) is 37.2 Å². The Morgan fingerprint density at radius 1 is 1.38 bits per heavy atom. The molecule has 3 N–H and O–H groups in total. The van der Waals surface area contributed by atoms with Gasteiger partial charge in [-0.15, -0.1) is 0 Å². The van der Waals surface area contributed by atoms with Gasteiger partial charge in [-0.1, -0.05) is 12.1 Å². The van der Waals surface area contributed by atoms with Gasteiger partial charge in [0.25, 0.3) is 5.91 Å². The van der Waals surface area contributed by atoms with Crippen LogP contribution >= 0.6 is 0 Å². The maximum absolute atomic E-state index is 13.0. The van der Waals surface area contributed by atoms with E-state index in [1.165, 1.54) is 0 Å². The number of aryl methyl sites for hydroxylation is 1. The summed E-state index contributed by atoms with van der Waals surface area (Å²) in [5.41, 5.74) is 7.44. The van der Waals surface area contributed by atoms with Crippen molar-refractivity contribution in [1.82, 2.24) is 15.1 Å². The lowest BCUT2D eigenvalue weighted by atomic mass is 10.1. The lowest BCUT2D eigenvalue weighted by Gasteiger charge is -2.23. The largest absolute Gasteiger partial charge is 0.370 e. The summed E-state index contributed by atoms with van der Waals surface area (Å²) >= 11 is 0. The molecule has 2 aromatic rings. The number of nitrogens with two attached hydrogens (primary N) is 1. The Kier molecular flexibility index (Phi) is 5.68. The van der Waals surface area contributed by atoms with Gasteiger partial charge in [0.15, 0.2) is 5.69 Å². The van der Waals surface area contributed by atoms with E-state index in [9.17, 15) is 9.59 Å². The number of hydrogen-bond acceptors (Lipinski definition) is 4. The Balaban J connectivity index is 1.82. The van der Waals surface area contributed by atoms with Crippen LogP contribution in [0.15, 0.2) is 36.5 Å². The van der Waals surface area contributed by atoms with Crippen molar-refractivity contribution in [2.75, 3.05) is 24.5 Å². The zero-order valence-corrected chi connectivity index (χ0v) is 15.0. The summed E-state index contributed by atoms with van der Waals surface area (Å²) in [6.07, 6.45) is 4.10. The summed E-state index contributed by atoms with van der Waals surface area (Å²) in [5.74, 6) is -0.659. The molecule has 7 heteroatoms. The van der Waals surface area contributed by atoms with Crippen molar-refractivity contribution in [2.45, 2.75) is 32.2 Å². The minimum Gasteiger partial charge on any atom is -0.370 e. The number of carbonyl (C=O) groups is 2. The minimum absolute atomic E-state index is 0.104. The molecular weight excluding hydrogens is 330 g/mol. The molecule has 138 valence electrons. The number of carbonyl (C=O) groups excluding carboxylic acids is 2. The third-order valence-electron chi connectivity index (χ3n) is 4.61. The van der Waals surface area contributed by atoms with Crippen molar-refractivity contribution in [3.05, 3.63) is 47.8 Å². The van der Waals surface area contributed by atoms with Gasteiger partial charge in [-0.2, -0.15) is 5.10 Å². The van der Waals surface area contributed by atoms with Gasteiger partial charge in [-0.25, -0.2) is 0 Å². The Hall–Kier alpha value is -2.67. The van der Waals surface area contributed by atoms with Crippen LogP contribution in [0.2, 0.25) is 0 Å². The second-order valence-electron chi connectivity index (χ2n) is 6.69. The smallest absolute Gasteiger partial charge is 0.278 e. The van der Waals surface area contributed by atoms with Gasteiger partial charge in [-0.3, -0.25) is 14.3 Å². The number of anilines is 1. The quantitative estimate of drug-likeness (QED) is 0.824. The molecule has 0 saturated carbocycles. The Morgan fingerprint density at radius 2 is 2.23 bits per heavy atom. The van der Waals surface area contributed by atoms with Gasteiger partial charge in [0.05, 0.1) is 6.04 Å². The summed E-state index contributed by atoms with van der Waals surface area (Å²) in [6, 6.07) is 9.63. The lowest BCUT2D eigenvalue weighted by Crippen LogP contribution is -2.35. The van der Waals surface area contributed by atoms with Crippen LogP contribution in [-0.4, -0.2) is 41.2 Å². The number of hydrogen-bond donors (Lipinski definition) is 2. The highest BCUT2D eigenvalue weighted by atomic mass is 16.2. The molecule has 1 aliphatic heterocycles. The third kappa shape index (κ3) is 4.29. The monoisotopic (exact) mass is 355 g/mol. The molecule has 1 saturated heterocycles. The van der Waals surface area contributed by atoms with Crippen molar-refractivity contribution in [1.29, 1.82) is 0 Å². The molecule has 2 heterocycles. The fourth-order valence-electron chi connectivity index (χ4n) is 3.22. The molecule has 0 spiro atoms. The molecule has 3 rings (SSSR count). The van der Waals surface area contributed by atoms with Crippen LogP contribution in [0.3, 0.4) is 0 Å². The van der Waals surface area contributed by atoms with Gasteiger partial charge in [0, 0.05) is 31.4 Å². The first-order valence-electron chi connectivity index (χ1n) is 8.97. The van der Waals surface area contributed by atoms with E-state index in [0.29, 0.717) is 5.69 Å². The highest BCUT2D eigenvalue weighted by molar-refractivity contribution is 6.05. The van der Waals surface area contributed by atoms with Crippen LogP contribution in [0.25, 0.3) is 0 Å². The SMILES string of the molecule is Cc1cccc(N(CCC(N)=O)C(=O)c2ccn(C3CCCNC3)n2)c1. The van der Waals surface area contributed by atoms with Gasteiger partial charge >= 0.3 is 0 Å². The number of benzene rings is 1. The van der Waals surface area contributed by atoms with E-state index >= 15 is 0 Å². The molecule has 26 heavy (non-hydrogen) atoms. The Labute approximate surface area is 153 Å². The van der Waals surface area contributed by atoms with E-state index in [1.54, 1.807) is 11.0 Å². The maximum Gasteiger partial charge on any atom is 0.278 e. The number of primary amides is 1. The van der Waals surface area contributed by atoms with Crippen molar-refractivity contribution in [3.63, 3.8) is 0 Å². The predicted octanol–water partition coefficient (Wildman–Crippen LogP) is 1.64. The number of nitrogens with zero attached hydrogens (tertiary/aromatic N) is 3. The lowest BCUT2D eigenvalue weighted by molar-refractivity contribution is -0.117. The molecule has 1 unspecified atom stereocenters. The number of nitrogens with one attached hydrogen (secondary N) is 1. The molecule has 2 amide bonds. The van der Waals surface area contributed by atoms with Crippen molar-refractivity contribution < 1.29 is 9.59 Å². The summed E-state index contributed by atoms with van der Waals surface area (Å²) < 4.78 is 1.86. The summed E-state index contributed by atoms with van der Waals surface area (Å²) in [7, 11) is 0. The molecule has 0 bridgehead atoms. The van der Waals surface area contributed by atoms with Gasteiger partial charge in [-0.05, 0) is 50.1 Å². The number of rotatable bonds is 6. The molecule has 1 aromatic heterocycles. The predicted molar refractivity (Wildman–Crippen MR) is 100 cm³/mol. The second-order valence-corrected chi connectivity index (χ2v) is 6.69. The molecule has 1 aliphatic rings. The zero-order valence-electron chi connectivity index (χ0n) is 15.0. The molecule has 0 radical (unpaired) electrons. The van der Waals surface area contributed by atoms with Crippen LogP contribution in [0.4, 0.5) is 5.69 Å². The molecule has 1 fully saturated rings. The summed E-state index contributed by atoms with van der Waals surface area (Å²) in [4.78, 5) is 25.8. The maximum atomic E-state index is 13.0. The molecule has 0 aliphatic carbocycles. The van der Waals surface area contributed by atoms with Crippen molar-refractivity contribution in [3.8, 4) is 0 Å². The zero-order chi connectivity index (χ0) is 18.5. The van der Waals surface area contributed by atoms with Gasteiger partial charge in [0.1, 0.15) is 0 Å². The molecule has 7 nitrogen and oxygen atoms in total. The Morgan fingerprint density at radius 3 is 2.92 bits per heavy atom. The first-order valence-corrected chi connectivity index (χ1v) is 8.97. The van der Waals surface area contributed by atoms with Crippen molar-refractivity contribution >= 4 is 17.5 Å². The molecule has 1 atom stereocenters. The number of amides is 2. The van der Waals surface area contributed by atoms with Crippen LogP contribution in [0.5, 0.6) is 0 Å². The number of aromatic nitrogens is 2. The Bertz CT molecular complexity index is 780. The fraction of sp³-hybridized carbons (Fsp3) is 0.421. The standard InChI is InChI=1S/C19H25N5O2/c1-14-4-2-5-15(12-14)23(10-8-18(20)25)19(26)17-7-11-24(22-17)16-6-3-9-21-13-16/h2,4-5,7,11-12,16,21H,3,6,8-10,13H2,1H3,(H2,20,25). The van der Waals surface area contributed by atoms with Crippen LogP contribution in [0.1, 0.15) is 41.4 Å². The minimum atomic E-state index is -0.436. The second kappa shape index (κ2) is 8.14. The van der Waals surface area contributed by atoms with E-state index in [2.05, 4.69) is 10.4 Å². The molecular formula is C19H25N5O2. The van der Waals surface area contributed by atoms with Crippen LogP contribution < -0.4 is 16.0 Å². The van der Waals surface area contributed by atoms with E-state index in [4.69, 9.17) is 5.73 Å². The topological polar surface area (TPSA) is 93.2 Å².